The van der Waals surface area contributed by atoms with Crippen LogP contribution in [0.3, 0.4) is 0 Å². The maximum Gasteiger partial charge on any atom is 0.335 e. The van der Waals surface area contributed by atoms with E-state index in [9.17, 15) is 14.9 Å². The van der Waals surface area contributed by atoms with E-state index in [1.165, 1.54) is 43.6 Å². The van der Waals surface area contributed by atoms with Crippen LogP contribution in [-0.4, -0.2) is 28.1 Å². The summed E-state index contributed by atoms with van der Waals surface area (Å²) >= 11 is 0. The van der Waals surface area contributed by atoms with E-state index in [1.54, 1.807) is 0 Å². The molecule has 1 aromatic heterocycles. The summed E-state index contributed by atoms with van der Waals surface area (Å²) in [6, 6.07) is 6.57. The minimum Gasteiger partial charge on any atom is -0.493 e. The number of benzene rings is 1. The van der Waals surface area contributed by atoms with Gasteiger partial charge in [-0.05, 0) is 24.3 Å². The quantitative estimate of drug-likeness (QED) is 0.664. The van der Waals surface area contributed by atoms with Gasteiger partial charge in [-0.3, -0.25) is 10.1 Å². The molecule has 0 spiro atoms. The number of methoxy groups -OCH3 is 1. The Kier molecular flexibility index (Phi) is 3.98. The Bertz CT molecular complexity index is 701. The molecular formula is C13H10N2O6. The number of aromatic carboxylic acids is 1. The number of nitro groups is 1. The van der Waals surface area contributed by atoms with Crippen molar-refractivity contribution in [2.45, 2.75) is 0 Å². The van der Waals surface area contributed by atoms with Crippen LogP contribution >= 0.6 is 0 Å². The third-order valence-electron chi connectivity index (χ3n) is 2.56. The van der Waals surface area contributed by atoms with Crippen molar-refractivity contribution in [2.24, 2.45) is 0 Å². The van der Waals surface area contributed by atoms with Gasteiger partial charge in [-0.1, -0.05) is 0 Å². The summed E-state index contributed by atoms with van der Waals surface area (Å²) in [6.45, 7) is 0. The molecule has 21 heavy (non-hydrogen) atoms. The Morgan fingerprint density at radius 3 is 2.71 bits per heavy atom. The molecule has 0 bridgehead atoms. The van der Waals surface area contributed by atoms with E-state index in [4.69, 9.17) is 14.6 Å². The molecule has 0 radical (unpaired) electrons. The van der Waals surface area contributed by atoms with Crippen molar-refractivity contribution in [3.63, 3.8) is 0 Å². The number of aromatic nitrogens is 1. The molecule has 0 atom stereocenters. The highest BCUT2D eigenvalue weighted by Crippen LogP contribution is 2.35. The molecule has 0 saturated carbocycles. The van der Waals surface area contributed by atoms with E-state index in [1.807, 2.05) is 0 Å². The Balaban J connectivity index is 2.45. The highest BCUT2D eigenvalue weighted by molar-refractivity contribution is 5.88. The monoisotopic (exact) mass is 290 g/mol. The van der Waals surface area contributed by atoms with Crippen molar-refractivity contribution in [1.29, 1.82) is 0 Å². The number of nitrogens with zero attached hydrogens (tertiary/aromatic N) is 2. The van der Waals surface area contributed by atoms with Crippen LogP contribution in [0.25, 0.3) is 0 Å². The summed E-state index contributed by atoms with van der Waals surface area (Å²) in [5.41, 5.74) is -0.371. The third-order valence-corrected chi connectivity index (χ3v) is 2.56. The summed E-state index contributed by atoms with van der Waals surface area (Å²) in [6.07, 6.45) is 1.33. The molecule has 0 aliphatic heterocycles. The van der Waals surface area contributed by atoms with Crippen LogP contribution in [0.1, 0.15) is 10.4 Å². The number of hydrogen-bond donors (Lipinski definition) is 1. The second-order valence-corrected chi connectivity index (χ2v) is 3.86. The molecule has 1 N–H and O–H groups in total. The van der Waals surface area contributed by atoms with Crippen LogP contribution in [0.2, 0.25) is 0 Å². The SMILES string of the molecule is COc1ccc(C(=O)O)cc1Oc1ncccc1[N+](=O)[O-]. The van der Waals surface area contributed by atoms with Gasteiger partial charge in [0.1, 0.15) is 0 Å². The highest BCUT2D eigenvalue weighted by atomic mass is 16.6. The van der Waals surface area contributed by atoms with Crippen LogP contribution in [0, 0.1) is 10.1 Å². The molecular weight excluding hydrogens is 280 g/mol. The lowest BCUT2D eigenvalue weighted by molar-refractivity contribution is -0.386. The molecule has 1 heterocycles. The van der Waals surface area contributed by atoms with Crippen molar-refractivity contribution < 1.29 is 24.3 Å². The number of carboxylic acids is 1. The summed E-state index contributed by atoms with van der Waals surface area (Å²) < 4.78 is 10.4. The minimum atomic E-state index is -1.15. The van der Waals surface area contributed by atoms with Gasteiger partial charge < -0.3 is 14.6 Å². The number of carboxylic acid groups (broad SMARTS) is 1. The molecule has 0 fully saturated rings. The number of rotatable bonds is 5. The van der Waals surface area contributed by atoms with Gasteiger partial charge in [0.15, 0.2) is 11.5 Å². The van der Waals surface area contributed by atoms with E-state index >= 15 is 0 Å². The maximum atomic E-state index is 11.0. The summed E-state index contributed by atoms with van der Waals surface area (Å²) in [5, 5.41) is 19.9. The van der Waals surface area contributed by atoms with Crippen LogP contribution < -0.4 is 9.47 Å². The molecule has 2 rings (SSSR count). The molecule has 0 aliphatic carbocycles. The zero-order valence-electron chi connectivity index (χ0n) is 10.8. The zero-order valence-corrected chi connectivity index (χ0v) is 10.8. The van der Waals surface area contributed by atoms with Gasteiger partial charge >= 0.3 is 11.7 Å². The lowest BCUT2D eigenvalue weighted by Gasteiger charge is -2.10. The second kappa shape index (κ2) is 5.87. The predicted molar refractivity (Wildman–Crippen MR) is 70.9 cm³/mol. The molecule has 1 aromatic carbocycles. The Labute approximate surface area is 118 Å². The summed E-state index contributed by atoms with van der Waals surface area (Å²) in [5.74, 6) is -1.14. The normalized spacial score (nSPS) is 9.95. The van der Waals surface area contributed by atoms with Crippen molar-refractivity contribution in [1.82, 2.24) is 4.98 Å². The van der Waals surface area contributed by atoms with Crippen molar-refractivity contribution in [2.75, 3.05) is 7.11 Å². The van der Waals surface area contributed by atoms with Crippen molar-refractivity contribution in [3.8, 4) is 17.4 Å². The summed E-state index contributed by atoms with van der Waals surface area (Å²) in [4.78, 5) is 25.0. The fourth-order valence-electron chi connectivity index (χ4n) is 1.59. The van der Waals surface area contributed by atoms with Crippen LogP contribution in [0.5, 0.6) is 17.4 Å². The third kappa shape index (κ3) is 3.06. The fourth-order valence-corrected chi connectivity index (χ4v) is 1.59. The van der Waals surface area contributed by atoms with E-state index < -0.39 is 10.9 Å². The first-order valence-corrected chi connectivity index (χ1v) is 5.71. The highest BCUT2D eigenvalue weighted by Gasteiger charge is 2.19. The standard InChI is InChI=1S/C13H10N2O6/c1-20-10-5-4-8(13(16)17)7-11(10)21-12-9(15(18)19)3-2-6-14-12/h2-7H,1H3,(H,16,17). The Morgan fingerprint density at radius 2 is 2.10 bits per heavy atom. The van der Waals surface area contributed by atoms with Gasteiger partial charge in [-0.25, -0.2) is 9.78 Å². The van der Waals surface area contributed by atoms with Gasteiger partial charge in [-0.2, -0.15) is 0 Å². The topological polar surface area (TPSA) is 112 Å². The maximum absolute atomic E-state index is 11.0. The lowest BCUT2D eigenvalue weighted by Crippen LogP contribution is -2.00. The van der Waals surface area contributed by atoms with Gasteiger partial charge in [0.2, 0.25) is 0 Å². The average molecular weight is 290 g/mol. The molecule has 0 amide bonds. The van der Waals surface area contributed by atoms with Gasteiger partial charge in [0.05, 0.1) is 17.6 Å². The predicted octanol–water partition coefficient (Wildman–Crippen LogP) is 2.49. The largest absolute Gasteiger partial charge is 0.493 e. The Morgan fingerprint density at radius 1 is 1.33 bits per heavy atom. The number of ether oxygens (including phenoxy) is 2. The van der Waals surface area contributed by atoms with E-state index in [0.29, 0.717) is 0 Å². The van der Waals surface area contributed by atoms with Gasteiger partial charge in [0.25, 0.3) is 5.88 Å². The molecule has 0 unspecified atom stereocenters. The van der Waals surface area contributed by atoms with Crippen molar-refractivity contribution >= 4 is 11.7 Å². The molecule has 0 saturated heterocycles. The molecule has 8 heteroatoms. The van der Waals surface area contributed by atoms with Gasteiger partial charge in [0, 0.05) is 12.3 Å². The lowest BCUT2D eigenvalue weighted by atomic mass is 10.2. The van der Waals surface area contributed by atoms with Crippen molar-refractivity contribution in [3.05, 3.63) is 52.2 Å². The Hall–Kier alpha value is -3.16. The number of pyridine rings is 1. The first kappa shape index (κ1) is 14.3. The van der Waals surface area contributed by atoms with Crippen LogP contribution in [-0.2, 0) is 0 Å². The van der Waals surface area contributed by atoms with E-state index in [-0.39, 0.29) is 28.6 Å². The smallest absolute Gasteiger partial charge is 0.335 e. The van der Waals surface area contributed by atoms with E-state index in [2.05, 4.69) is 4.98 Å². The fraction of sp³-hybridized carbons (Fsp3) is 0.0769. The van der Waals surface area contributed by atoms with Crippen LogP contribution in [0.4, 0.5) is 5.69 Å². The minimum absolute atomic E-state index is 0.0270. The van der Waals surface area contributed by atoms with Gasteiger partial charge in [-0.15, -0.1) is 0 Å². The number of hydrogen-bond acceptors (Lipinski definition) is 6. The number of carbonyl (C=O) groups is 1. The molecule has 108 valence electrons. The summed E-state index contributed by atoms with van der Waals surface area (Å²) in [7, 11) is 1.37. The molecule has 2 aromatic rings. The zero-order chi connectivity index (χ0) is 15.4. The average Bonchev–Trinajstić information content (AvgIpc) is 2.47. The molecule has 8 nitrogen and oxygen atoms in total. The molecule has 0 aliphatic rings. The van der Waals surface area contributed by atoms with Crippen LogP contribution in [0.15, 0.2) is 36.5 Å². The first-order chi connectivity index (χ1) is 10.0. The first-order valence-electron chi connectivity index (χ1n) is 5.71. The van der Waals surface area contributed by atoms with E-state index in [0.717, 1.165) is 0 Å². The second-order valence-electron chi connectivity index (χ2n) is 3.86.